The summed E-state index contributed by atoms with van der Waals surface area (Å²) in [5.41, 5.74) is 0. The lowest BCUT2D eigenvalue weighted by Crippen LogP contribution is -2.50. The second kappa shape index (κ2) is 7.72. The van der Waals surface area contributed by atoms with E-state index >= 15 is 0 Å². The Labute approximate surface area is 135 Å². The van der Waals surface area contributed by atoms with Crippen molar-refractivity contribution in [3.63, 3.8) is 0 Å². The molecule has 134 valence electrons. The van der Waals surface area contributed by atoms with E-state index in [1.54, 1.807) is 0 Å². The zero-order valence-electron chi connectivity index (χ0n) is 13.6. The number of aliphatic hydroxyl groups is 1. The first-order valence-corrected chi connectivity index (χ1v) is 8.25. The molecule has 2 rings (SSSR count). The Morgan fingerprint density at radius 2 is 2.00 bits per heavy atom. The van der Waals surface area contributed by atoms with Gasteiger partial charge in [-0.2, -0.15) is 0 Å². The van der Waals surface area contributed by atoms with Crippen LogP contribution in [0.2, 0.25) is 0 Å². The van der Waals surface area contributed by atoms with Crippen molar-refractivity contribution in [1.29, 1.82) is 0 Å². The number of carbonyl (C=O) groups excluding carboxylic acids is 1. The number of rotatable bonds is 5. The number of alkyl halides is 2. The fourth-order valence-electron chi connectivity index (χ4n) is 3.03. The Hall–Kier alpha value is -0.990. The molecule has 0 aromatic rings. The summed E-state index contributed by atoms with van der Waals surface area (Å²) in [5.74, 6) is -2.56. The van der Waals surface area contributed by atoms with Crippen LogP contribution in [0, 0.1) is 0 Å². The summed E-state index contributed by atoms with van der Waals surface area (Å²) in [4.78, 5) is 11.5. The molecule has 1 saturated carbocycles. The van der Waals surface area contributed by atoms with E-state index in [1.807, 2.05) is 13.8 Å². The highest BCUT2D eigenvalue weighted by molar-refractivity contribution is 5.74. The lowest BCUT2D eigenvalue weighted by atomic mass is 9.91. The molecule has 1 heterocycles. The molecule has 2 fully saturated rings. The minimum atomic E-state index is -2.56. The van der Waals surface area contributed by atoms with Crippen LogP contribution in [-0.2, 0) is 4.74 Å². The largest absolute Gasteiger partial charge is 0.389 e. The Bertz CT molecular complexity index is 399. The van der Waals surface area contributed by atoms with Crippen molar-refractivity contribution in [2.24, 2.45) is 0 Å². The lowest BCUT2D eigenvalue weighted by Gasteiger charge is -2.31. The van der Waals surface area contributed by atoms with Crippen LogP contribution in [0.5, 0.6) is 0 Å². The molecule has 8 heteroatoms. The van der Waals surface area contributed by atoms with Gasteiger partial charge in [0.1, 0.15) is 6.10 Å². The number of hydrogen-bond acceptors (Lipinski definition) is 4. The maximum absolute atomic E-state index is 13.1. The van der Waals surface area contributed by atoms with Gasteiger partial charge in [0.15, 0.2) is 0 Å². The molecule has 0 spiro atoms. The molecule has 2 amide bonds. The fraction of sp³-hybridized carbons (Fsp3) is 0.933. The molecule has 1 saturated heterocycles. The first kappa shape index (κ1) is 18.4. The number of ether oxygens (including phenoxy) is 1. The van der Waals surface area contributed by atoms with Crippen LogP contribution in [0.4, 0.5) is 13.6 Å². The van der Waals surface area contributed by atoms with Crippen LogP contribution < -0.4 is 16.0 Å². The van der Waals surface area contributed by atoms with Gasteiger partial charge in [-0.1, -0.05) is 0 Å². The predicted molar refractivity (Wildman–Crippen MR) is 81.5 cm³/mol. The molecule has 23 heavy (non-hydrogen) atoms. The number of amides is 2. The van der Waals surface area contributed by atoms with Crippen molar-refractivity contribution in [3.05, 3.63) is 0 Å². The molecular formula is C15H27F2N3O3. The molecule has 3 atom stereocenters. The molecule has 0 bridgehead atoms. The van der Waals surface area contributed by atoms with E-state index < -0.39 is 18.1 Å². The summed E-state index contributed by atoms with van der Waals surface area (Å²) in [6.07, 6.45) is -0.692. The van der Waals surface area contributed by atoms with Crippen molar-refractivity contribution in [2.45, 2.75) is 75.8 Å². The van der Waals surface area contributed by atoms with Crippen LogP contribution in [-0.4, -0.2) is 60.5 Å². The summed E-state index contributed by atoms with van der Waals surface area (Å²) >= 11 is 0. The second-order valence-electron chi connectivity index (χ2n) is 6.77. The number of nitrogens with one attached hydrogen (secondary N) is 3. The average molecular weight is 335 g/mol. The van der Waals surface area contributed by atoms with Crippen LogP contribution in [0.15, 0.2) is 0 Å². The Balaban J connectivity index is 1.71. The molecule has 0 aromatic carbocycles. The third-order valence-electron chi connectivity index (χ3n) is 4.33. The Morgan fingerprint density at radius 3 is 2.61 bits per heavy atom. The van der Waals surface area contributed by atoms with Crippen molar-refractivity contribution in [1.82, 2.24) is 16.0 Å². The summed E-state index contributed by atoms with van der Waals surface area (Å²) in [5, 5.41) is 18.8. The zero-order valence-corrected chi connectivity index (χ0v) is 13.6. The topological polar surface area (TPSA) is 82.6 Å². The normalized spacial score (nSPS) is 31.3. The number of urea groups is 1. The number of hydrogen-bond donors (Lipinski definition) is 4. The van der Waals surface area contributed by atoms with Gasteiger partial charge in [0.2, 0.25) is 5.92 Å². The predicted octanol–water partition coefficient (Wildman–Crippen LogP) is 0.990. The molecule has 0 radical (unpaired) electrons. The summed E-state index contributed by atoms with van der Waals surface area (Å²) in [6, 6.07) is -0.578. The first-order valence-electron chi connectivity index (χ1n) is 8.25. The van der Waals surface area contributed by atoms with Crippen molar-refractivity contribution >= 4 is 6.03 Å². The van der Waals surface area contributed by atoms with Gasteiger partial charge in [0, 0.05) is 31.5 Å². The number of aliphatic hydroxyl groups excluding tert-OH is 1. The van der Waals surface area contributed by atoms with Crippen molar-refractivity contribution < 1.29 is 23.4 Å². The maximum Gasteiger partial charge on any atom is 0.315 e. The monoisotopic (exact) mass is 335 g/mol. The maximum atomic E-state index is 13.1. The van der Waals surface area contributed by atoms with Crippen LogP contribution in [0.1, 0.15) is 39.5 Å². The lowest BCUT2D eigenvalue weighted by molar-refractivity contribution is -0.0421. The summed E-state index contributed by atoms with van der Waals surface area (Å²) in [7, 11) is 0. The first-order chi connectivity index (χ1) is 10.8. The molecule has 1 aliphatic carbocycles. The van der Waals surface area contributed by atoms with E-state index in [2.05, 4.69) is 16.0 Å². The third kappa shape index (κ3) is 5.54. The third-order valence-corrected chi connectivity index (χ3v) is 4.33. The van der Waals surface area contributed by atoms with E-state index in [0.717, 1.165) is 0 Å². The number of carbonyl (C=O) groups is 1. The van der Waals surface area contributed by atoms with Gasteiger partial charge >= 0.3 is 6.03 Å². The summed E-state index contributed by atoms with van der Waals surface area (Å²) in [6.45, 7) is 4.23. The minimum absolute atomic E-state index is 0.0196. The molecule has 3 unspecified atom stereocenters. The molecule has 0 aromatic heterocycles. The Kier molecular flexibility index (Phi) is 6.16. The van der Waals surface area contributed by atoms with Gasteiger partial charge in [-0.3, -0.25) is 0 Å². The molecule has 4 N–H and O–H groups in total. The second-order valence-corrected chi connectivity index (χ2v) is 6.77. The van der Waals surface area contributed by atoms with Gasteiger partial charge in [-0.05, 0) is 26.7 Å². The molecule has 1 aliphatic heterocycles. The highest BCUT2D eigenvalue weighted by Crippen LogP contribution is 2.33. The van der Waals surface area contributed by atoms with Crippen LogP contribution in [0.3, 0.4) is 0 Å². The summed E-state index contributed by atoms with van der Waals surface area (Å²) < 4.78 is 31.8. The standard InChI is InChI=1S/C15H27F2N3O3/c1-9(2)19-14(22)18-7-12-13(21)11(8-23-12)20-10-3-5-15(16,17)6-4-10/h9-13,20-21H,3-8H2,1-2H3,(H2,18,19,22). The van der Waals surface area contributed by atoms with Gasteiger partial charge in [0.05, 0.1) is 18.8 Å². The highest BCUT2D eigenvalue weighted by atomic mass is 19.3. The van der Waals surface area contributed by atoms with E-state index in [9.17, 15) is 18.7 Å². The van der Waals surface area contributed by atoms with E-state index in [4.69, 9.17) is 4.74 Å². The molecular weight excluding hydrogens is 308 g/mol. The minimum Gasteiger partial charge on any atom is -0.389 e. The van der Waals surface area contributed by atoms with Crippen LogP contribution in [0.25, 0.3) is 0 Å². The highest BCUT2D eigenvalue weighted by Gasteiger charge is 2.40. The Morgan fingerprint density at radius 1 is 1.35 bits per heavy atom. The average Bonchev–Trinajstić information content (AvgIpc) is 2.79. The zero-order chi connectivity index (χ0) is 17.0. The van der Waals surface area contributed by atoms with Crippen molar-refractivity contribution in [2.75, 3.05) is 13.2 Å². The van der Waals surface area contributed by atoms with E-state index in [0.29, 0.717) is 19.4 Å². The smallest absolute Gasteiger partial charge is 0.315 e. The SMILES string of the molecule is CC(C)NC(=O)NCC1OCC(NC2CCC(F)(F)CC2)C1O. The fourth-order valence-corrected chi connectivity index (χ4v) is 3.03. The quantitative estimate of drug-likeness (QED) is 0.604. The van der Waals surface area contributed by atoms with Crippen LogP contribution >= 0.6 is 0 Å². The molecule has 2 aliphatic rings. The van der Waals surface area contributed by atoms with Gasteiger partial charge in [-0.25, -0.2) is 13.6 Å². The van der Waals surface area contributed by atoms with E-state index in [-0.39, 0.29) is 43.5 Å². The van der Waals surface area contributed by atoms with Crippen molar-refractivity contribution in [3.8, 4) is 0 Å². The van der Waals surface area contributed by atoms with Gasteiger partial charge in [-0.15, -0.1) is 0 Å². The van der Waals surface area contributed by atoms with Gasteiger partial charge < -0.3 is 25.8 Å². The van der Waals surface area contributed by atoms with E-state index in [1.165, 1.54) is 0 Å². The molecule has 6 nitrogen and oxygen atoms in total. The van der Waals surface area contributed by atoms with Gasteiger partial charge in [0.25, 0.3) is 0 Å². The number of halogens is 2.